The topological polar surface area (TPSA) is 152 Å². The first-order chi connectivity index (χ1) is 22.3. The molecule has 1 saturated heterocycles. The average molecular weight is 659 g/mol. The van der Waals surface area contributed by atoms with Crippen LogP contribution >= 0.6 is 0 Å². The third-order valence-electron chi connectivity index (χ3n) is 8.40. The zero-order chi connectivity index (χ0) is 33.8. The van der Waals surface area contributed by atoms with Crippen molar-refractivity contribution in [3.63, 3.8) is 0 Å². The van der Waals surface area contributed by atoms with Crippen LogP contribution in [0.3, 0.4) is 0 Å². The van der Waals surface area contributed by atoms with Gasteiger partial charge in [0.25, 0.3) is 0 Å². The largest absolute Gasteiger partial charge is 0.462 e. The molecule has 270 valence electrons. The van der Waals surface area contributed by atoms with E-state index < -0.39 is 55.4 Å². The molecule has 0 spiro atoms. The molecule has 46 heavy (non-hydrogen) atoms. The molecule has 10 nitrogen and oxygen atoms in total. The summed E-state index contributed by atoms with van der Waals surface area (Å²) in [5.74, 6) is -0.829. The lowest BCUT2D eigenvalue weighted by atomic mass is 9.99. The zero-order valence-corrected chi connectivity index (χ0v) is 28.8. The second-order valence-electron chi connectivity index (χ2n) is 12.7. The first-order valence-corrected chi connectivity index (χ1v) is 18.3. The number of rotatable bonds is 29. The highest BCUT2D eigenvalue weighted by atomic mass is 16.7. The van der Waals surface area contributed by atoms with Crippen LogP contribution in [0, 0.1) is 0 Å². The average Bonchev–Trinajstić information content (AvgIpc) is 3.05. The second kappa shape index (κ2) is 28.5. The van der Waals surface area contributed by atoms with E-state index in [-0.39, 0.29) is 26.1 Å². The Kier molecular flexibility index (Phi) is 26.3. The van der Waals surface area contributed by atoms with Gasteiger partial charge < -0.3 is 39.4 Å². The van der Waals surface area contributed by atoms with Crippen molar-refractivity contribution >= 4 is 11.9 Å². The SMILES string of the molecule is CCCCCCCC/C=C/CCCCCC(=O)OC[C@@H](CO[C@H]1O[C@@H](CO)[C@@H](O)C(O)C1O)OC(=O)CCCCCCCCCC. The summed E-state index contributed by atoms with van der Waals surface area (Å²) in [6.45, 7) is 3.34. The fourth-order valence-corrected chi connectivity index (χ4v) is 5.42. The minimum atomic E-state index is -1.59. The van der Waals surface area contributed by atoms with Crippen molar-refractivity contribution in [3.05, 3.63) is 12.2 Å². The summed E-state index contributed by atoms with van der Waals surface area (Å²) in [6, 6.07) is 0. The molecule has 6 atom stereocenters. The van der Waals surface area contributed by atoms with Crippen molar-refractivity contribution in [3.8, 4) is 0 Å². The van der Waals surface area contributed by atoms with Gasteiger partial charge in [-0.1, -0.05) is 109 Å². The Morgan fingerprint density at radius 3 is 1.72 bits per heavy atom. The summed E-state index contributed by atoms with van der Waals surface area (Å²) in [5.41, 5.74) is 0. The van der Waals surface area contributed by atoms with Crippen molar-refractivity contribution in [1.29, 1.82) is 0 Å². The molecule has 0 aliphatic carbocycles. The molecule has 0 aromatic rings. The van der Waals surface area contributed by atoms with E-state index in [4.69, 9.17) is 18.9 Å². The Balaban J connectivity index is 2.42. The number of aliphatic hydroxyl groups is 4. The van der Waals surface area contributed by atoms with Crippen LogP contribution < -0.4 is 0 Å². The summed E-state index contributed by atoms with van der Waals surface area (Å²) < 4.78 is 21.9. The summed E-state index contributed by atoms with van der Waals surface area (Å²) in [6.07, 6.45) is 18.1. The molecule has 0 saturated carbocycles. The van der Waals surface area contributed by atoms with Gasteiger partial charge in [0.2, 0.25) is 0 Å². The van der Waals surface area contributed by atoms with E-state index >= 15 is 0 Å². The molecule has 2 unspecified atom stereocenters. The van der Waals surface area contributed by atoms with Gasteiger partial charge in [0.15, 0.2) is 12.4 Å². The van der Waals surface area contributed by atoms with Crippen LogP contribution in [0.2, 0.25) is 0 Å². The Labute approximate surface area is 278 Å². The Bertz CT molecular complexity index is 774. The number of unbranched alkanes of at least 4 members (excludes halogenated alkanes) is 16. The molecule has 1 aliphatic rings. The summed E-state index contributed by atoms with van der Waals surface area (Å²) in [5, 5.41) is 39.8. The van der Waals surface area contributed by atoms with E-state index in [1.807, 2.05) is 0 Å². The van der Waals surface area contributed by atoms with E-state index in [0.717, 1.165) is 44.9 Å². The van der Waals surface area contributed by atoms with E-state index in [9.17, 15) is 30.0 Å². The van der Waals surface area contributed by atoms with Crippen molar-refractivity contribution in [2.75, 3.05) is 19.8 Å². The fraction of sp³-hybridized carbons (Fsp3) is 0.889. The molecule has 0 aromatic heterocycles. The number of hydrogen-bond donors (Lipinski definition) is 4. The third kappa shape index (κ3) is 20.6. The molecule has 0 aromatic carbocycles. The predicted molar refractivity (Wildman–Crippen MR) is 178 cm³/mol. The van der Waals surface area contributed by atoms with Crippen LogP contribution in [-0.2, 0) is 28.5 Å². The maximum Gasteiger partial charge on any atom is 0.306 e. The van der Waals surface area contributed by atoms with Crippen molar-refractivity contribution < 1.29 is 49.0 Å². The molecular formula is C36H66O10. The highest BCUT2D eigenvalue weighted by Crippen LogP contribution is 2.22. The number of esters is 2. The number of carbonyl (C=O) groups is 2. The minimum Gasteiger partial charge on any atom is -0.462 e. The van der Waals surface area contributed by atoms with Crippen LogP contribution in [0.15, 0.2) is 12.2 Å². The standard InChI is InChI=1S/C36H66O10/c1-3-5-7-9-11-13-14-15-16-17-19-20-22-24-31(38)43-27-29(45-32(39)25-23-21-18-12-10-8-6-4-2)28-44-36-35(42)34(41)33(40)30(26-37)46-36/h15-16,29-30,33-37,40-42H,3-14,17-28H2,1-2H3/b16-15+/t29-,30-,33+,34?,35?,36-/m0/s1. The summed E-state index contributed by atoms with van der Waals surface area (Å²) in [4.78, 5) is 25.0. The predicted octanol–water partition coefficient (Wildman–Crippen LogP) is 6.05. The molecule has 0 bridgehead atoms. The van der Waals surface area contributed by atoms with Crippen molar-refractivity contribution in [1.82, 2.24) is 0 Å². The van der Waals surface area contributed by atoms with Crippen LogP contribution in [0.4, 0.5) is 0 Å². The first kappa shape index (κ1) is 42.5. The van der Waals surface area contributed by atoms with E-state index in [2.05, 4.69) is 26.0 Å². The second-order valence-corrected chi connectivity index (χ2v) is 12.7. The quantitative estimate of drug-likeness (QED) is 0.0425. The maximum atomic E-state index is 12.6. The van der Waals surface area contributed by atoms with Crippen LogP contribution in [0.1, 0.15) is 149 Å². The van der Waals surface area contributed by atoms with Crippen LogP contribution in [0.5, 0.6) is 0 Å². The maximum absolute atomic E-state index is 12.6. The molecule has 1 heterocycles. The van der Waals surface area contributed by atoms with Gasteiger partial charge in [-0.25, -0.2) is 0 Å². The van der Waals surface area contributed by atoms with Gasteiger partial charge in [-0.15, -0.1) is 0 Å². The zero-order valence-electron chi connectivity index (χ0n) is 28.8. The lowest BCUT2D eigenvalue weighted by Crippen LogP contribution is -2.59. The lowest BCUT2D eigenvalue weighted by molar-refractivity contribution is -0.305. The van der Waals surface area contributed by atoms with Crippen LogP contribution in [0.25, 0.3) is 0 Å². The smallest absolute Gasteiger partial charge is 0.306 e. The molecule has 1 aliphatic heterocycles. The lowest BCUT2D eigenvalue weighted by Gasteiger charge is -2.39. The number of carbonyl (C=O) groups excluding carboxylic acids is 2. The number of ether oxygens (including phenoxy) is 4. The fourth-order valence-electron chi connectivity index (χ4n) is 5.42. The summed E-state index contributed by atoms with van der Waals surface area (Å²) >= 11 is 0. The van der Waals surface area contributed by atoms with E-state index in [1.54, 1.807) is 0 Å². The number of hydrogen-bond acceptors (Lipinski definition) is 10. The third-order valence-corrected chi connectivity index (χ3v) is 8.40. The molecule has 1 rings (SSSR count). The minimum absolute atomic E-state index is 0.222. The van der Waals surface area contributed by atoms with Crippen molar-refractivity contribution in [2.45, 2.75) is 185 Å². The van der Waals surface area contributed by atoms with Gasteiger partial charge in [0, 0.05) is 12.8 Å². The van der Waals surface area contributed by atoms with Crippen LogP contribution in [-0.4, -0.2) is 89.0 Å². The molecule has 0 amide bonds. The summed E-state index contributed by atoms with van der Waals surface area (Å²) in [7, 11) is 0. The number of allylic oxidation sites excluding steroid dienone is 2. The van der Waals surface area contributed by atoms with Gasteiger partial charge in [0.05, 0.1) is 13.2 Å². The Morgan fingerprint density at radius 2 is 1.15 bits per heavy atom. The van der Waals surface area contributed by atoms with Gasteiger partial charge in [-0.05, 0) is 38.5 Å². The molecule has 1 fully saturated rings. The molecule has 0 radical (unpaired) electrons. The highest BCUT2D eigenvalue weighted by molar-refractivity contribution is 5.70. The van der Waals surface area contributed by atoms with Gasteiger partial charge >= 0.3 is 11.9 Å². The molecule has 10 heteroatoms. The van der Waals surface area contributed by atoms with Gasteiger partial charge in [-0.2, -0.15) is 0 Å². The molecular weight excluding hydrogens is 592 g/mol. The normalized spacial score (nSPS) is 22.3. The first-order valence-electron chi connectivity index (χ1n) is 18.3. The van der Waals surface area contributed by atoms with Gasteiger partial charge in [-0.3, -0.25) is 9.59 Å². The van der Waals surface area contributed by atoms with Gasteiger partial charge in [0.1, 0.15) is 31.0 Å². The van der Waals surface area contributed by atoms with Crippen molar-refractivity contribution in [2.24, 2.45) is 0 Å². The Morgan fingerprint density at radius 1 is 0.652 bits per heavy atom. The highest BCUT2D eigenvalue weighted by Gasteiger charge is 2.44. The number of aliphatic hydroxyl groups excluding tert-OH is 4. The molecule has 4 N–H and O–H groups in total. The van der Waals surface area contributed by atoms with E-state index in [0.29, 0.717) is 12.8 Å². The van der Waals surface area contributed by atoms with E-state index in [1.165, 1.54) is 64.2 Å². The Hall–Kier alpha value is -1.56. The monoisotopic (exact) mass is 658 g/mol.